The Bertz CT molecular complexity index is 109. The van der Waals surface area contributed by atoms with Crippen LogP contribution in [0.4, 0.5) is 0 Å². The van der Waals surface area contributed by atoms with E-state index in [-0.39, 0.29) is 12.8 Å². The van der Waals surface area contributed by atoms with Crippen molar-refractivity contribution in [2.24, 2.45) is 4.99 Å². The van der Waals surface area contributed by atoms with E-state index in [1.165, 1.54) is 0 Å². The highest BCUT2D eigenvalue weighted by Gasteiger charge is 1.83. The standard InChI is InChI=1S/C6H14O2.C3H6N2.H3N/c1-2-3-5-8-6-4-7;1-2-5-3-4-1;/h7H,2-6H2,1H3;3H,1-2H2,(H,4,5);1H3. The Hall–Kier alpha value is -0.650. The van der Waals surface area contributed by atoms with Crippen LogP contribution >= 0.6 is 0 Å². The van der Waals surface area contributed by atoms with Crippen LogP contribution in [0.25, 0.3) is 0 Å². The molecule has 0 unspecified atom stereocenters. The summed E-state index contributed by atoms with van der Waals surface area (Å²) < 4.78 is 4.97. The average molecular weight is 205 g/mol. The predicted molar refractivity (Wildman–Crippen MR) is 59.2 cm³/mol. The van der Waals surface area contributed by atoms with Crippen LogP contribution in [0.2, 0.25) is 0 Å². The summed E-state index contributed by atoms with van der Waals surface area (Å²) in [5.74, 6) is 0. The minimum Gasteiger partial charge on any atom is -0.394 e. The quantitative estimate of drug-likeness (QED) is 0.573. The number of ether oxygens (including phenoxy) is 1. The number of aliphatic hydroxyl groups excluding tert-OH is 1. The molecule has 1 heterocycles. The first-order valence-corrected chi connectivity index (χ1v) is 4.82. The van der Waals surface area contributed by atoms with Gasteiger partial charge < -0.3 is 21.3 Å². The van der Waals surface area contributed by atoms with E-state index in [0.29, 0.717) is 6.61 Å². The summed E-state index contributed by atoms with van der Waals surface area (Å²) in [7, 11) is 0. The molecule has 0 amide bonds. The zero-order chi connectivity index (χ0) is 9.78. The molecular formula is C9H23N3O2. The van der Waals surface area contributed by atoms with Crippen molar-refractivity contribution in [2.45, 2.75) is 19.8 Å². The van der Waals surface area contributed by atoms with Crippen molar-refractivity contribution < 1.29 is 9.84 Å². The van der Waals surface area contributed by atoms with E-state index in [1.54, 1.807) is 6.34 Å². The molecule has 0 atom stereocenters. The number of rotatable bonds is 5. The van der Waals surface area contributed by atoms with Gasteiger partial charge in [-0.1, -0.05) is 13.3 Å². The Morgan fingerprint density at radius 1 is 1.50 bits per heavy atom. The SMILES string of the molecule is C1=NCCN1.CCCCOCCO.N. The third-order valence-electron chi connectivity index (χ3n) is 1.45. The van der Waals surface area contributed by atoms with Crippen molar-refractivity contribution in [3.8, 4) is 0 Å². The highest BCUT2D eigenvalue weighted by molar-refractivity contribution is 5.56. The smallest absolute Gasteiger partial charge is 0.0825 e. The monoisotopic (exact) mass is 205 g/mol. The summed E-state index contributed by atoms with van der Waals surface area (Å²) >= 11 is 0. The second-order valence-electron chi connectivity index (χ2n) is 2.68. The summed E-state index contributed by atoms with van der Waals surface area (Å²) in [6.07, 6.45) is 3.99. The van der Waals surface area contributed by atoms with Crippen LogP contribution in [0, 0.1) is 0 Å². The molecule has 5 nitrogen and oxygen atoms in total. The first-order valence-electron chi connectivity index (χ1n) is 4.82. The lowest BCUT2D eigenvalue weighted by Crippen LogP contribution is -2.04. The molecule has 1 rings (SSSR count). The molecule has 0 spiro atoms. The minimum absolute atomic E-state index is 0. The summed E-state index contributed by atoms with van der Waals surface area (Å²) in [5.41, 5.74) is 0. The van der Waals surface area contributed by atoms with E-state index < -0.39 is 0 Å². The molecule has 0 aromatic rings. The average Bonchev–Trinajstić information content (AvgIpc) is 2.70. The zero-order valence-electron chi connectivity index (χ0n) is 9.04. The Balaban J connectivity index is 0. The van der Waals surface area contributed by atoms with Crippen molar-refractivity contribution in [1.82, 2.24) is 11.5 Å². The van der Waals surface area contributed by atoms with Crippen LogP contribution < -0.4 is 11.5 Å². The van der Waals surface area contributed by atoms with Crippen LogP contribution in [0.3, 0.4) is 0 Å². The number of nitrogens with one attached hydrogen (secondary N) is 1. The topological polar surface area (TPSA) is 88.9 Å². The fourth-order valence-corrected chi connectivity index (χ4v) is 0.736. The summed E-state index contributed by atoms with van der Waals surface area (Å²) in [4.78, 5) is 3.85. The molecule has 0 fully saturated rings. The number of unbranched alkanes of at least 4 members (excludes halogenated alkanes) is 1. The number of hydrogen-bond donors (Lipinski definition) is 3. The van der Waals surface area contributed by atoms with Gasteiger partial charge in [0.25, 0.3) is 0 Å². The van der Waals surface area contributed by atoms with Gasteiger partial charge in [0, 0.05) is 13.2 Å². The molecule has 0 saturated carbocycles. The molecular weight excluding hydrogens is 182 g/mol. The van der Waals surface area contributed by atoms with Crippen molar-refractivity contribution in [2.75, 3.05) is 32.9 Å². The largest absolute Gasteiger partial charge is 0.394 e. The number of hydrogen-bond acceptors (Lipinski definition) is 5. The van der Waals surface area contributed by atoms with Gasteiger partial charge in [0.2, 0.25) is 0 Å². The van der Waals surface area contributed by atoms with Gasteiger partial charge in [0.05, 0.1) is 26.1 Å². The van der Waals surface area contributed by atoms with Crippen molar-refractivity contribution in [3.05, 3.63) is 0 Å². The van der Waals surface area contributed by atoms with Crippen LogP contribution in [0.15, 0.2) is 4.99 Å². The second kappa shape index (κ2) is 14.9. The molecule has 5 heteroatoms. The number of aliphatic hydroxyl groups is 1. The van der Waals surface area contributed by atoms with Gasteiger partial charge in [-0.15, -0.1) is 0 Å². The van der Waals surface area contributed by atoms with Crippen LogP contribution in [-0.2, 0) is 4.74 Å². The molecule has 1 aliphatic heterocycles. The van der Waals surface area contributed by atoms with Crippen LogP contribution in [0.1, 0.15) is 19.8 Å². The highest BCUT2D eigenvalue weighted by atomic mass is 16.5. The third kappa shape index (κ3) is 13.9. The van der Waals surface area contributed by atoms with Gasteiger partial charge in [0.1, 0.15) is 0 Å². The molecule has 0 aromatic carbocycles. The molecule has 0 aliphatic carbocycles. The summed E-state index contributed by atoms with van der Waals surface area (Å²) in [6.45, 7) is 5.52. The van der Waals surface area contributed by atoms with Crippen molar-refractivity contribution in [3.63, 3.8) is 0 Å². The maximum Gasteiger partial charge on any atom is 0.0825 e. The molecule has 0 saturated heterocycles. The van der Waals surface area contributed by atoms with E-state index in [1.807, 2.05) is 0 Å². The van der Waals surface area contributed by atoms with E-state index in [0.717, 1.165) is 32.5 Å². The first kappa shape index (κ1) is 15.8. The lowest BCUT2D eigenvalue weighted by Gasteiger charge is -1.97. The van der Waals surface area contributed by atoms with E-state index in [9.17, 15) is 0 Å². The molecule has 0 radical (unpaired) electrons. The highest BCUT2D eigenvalue weighted by Crippen LogP contribution is 1.85. The van der Waals surface area contributed by atoms with Crippen molar-refractivity contribution in [1.29, 1.82) is 0 Å². The first-order chi connectivity index (χ1) is 6.41. The number of aliphatic imine (C=N–C) groups is 1. The van der Waals surface area contributed by atoms with E-state index >= 15 is 0 Å². The lowest BCUT2D eigenvalue weighted by atomic mass is 10.4. The minimum atomic E-state index is 0. The maximum absolute atomic E-state index is 8.24. The predicted octanol–water partition coefficient (Wildman–Crippen LogP) is 0.575. The second-order valence-corrected chi connectivity index (χ2v) is 2.68. The third-order valence-corrected chi connectivity index (χ3v) is 1.45. The van der Waals surface area contributed by atoms with E-state index in [4.69, 9.17) is 9.84 Å². The molecule has 0 aromatic heterocycles. The Labute approximate surface area is 86.1 Å². The maximum atomic E-state index is 8.24. The van der Waals surface area contributed by atoms with Gasteiger partial charge >= 0.3 is 0 Å². The zero-order valence-corrected chi connectivity index (χ0v) is 9.04. The summed E-state index contributed by atoms with van der Waals surface area (Å²) in [6, 6.07) is 0. The normalized spacial score (nSPS) is 12.4. The van der Waals surface area contributed by atoms with Gasteiger partial charge in [0.15, 0.2) is 0 Å². The molecule has 14 heavy (non-hydrogen) atoms. The molecule has 0 bridgehead atoms. The fourth-order valence-electron chi connectivity index (χ4n) is 0.736. The van der Waals surface area contributed by atoms with Crippen LogP contribution in [0.5, 0.6) is 0 Å². The van der Waals surface area contributed by atoms with Gasteiger partial charge in [-0.3, -0.25) is 4.99 Å². The molecule has 1 aliphatic rings. The molecule has 86 valence electrons. The Kier molecular flexibility index (Phi) is 16.8. The van der Waals surface area contributed by atoms with Crippen molar-refractivity contribution >= 4 is 6.34 Å². The van der Waals surface area contributed by atoms with Gasteiger partial charge in [-0.25, -0.2) is 0 Å². The lowest BCUT2D eigenvalue weighted by molar-refractivity contribution is 0.0904. The van der Waals surface area contributed by atoms with Gasteiger partial charge in [-0.05, 0) is 6.42 Å². The van der Waals surface area contributed by atoms with E-state index in [2.05, 4.69) is 17.2 Å². The number of nitrogens with zero attached hydrogens (tertiary/aromatic N) is 1. The fraction of sp³-hybridized carbons (Fsp3) is 0.889. The molecule has 5 N–H and O–H groups in total. The summed E-state index contributed by atoms with van der Waals surface area (Å²) in [5, 5.41) is 11.2. The van der Waals surface area contributed by atoms with Crippen LogP contribution in [-0.4, -0.2) is 44.4 Å². The Morgan fingerprint density at radius 2 is 2.29 bits per heavy atom. The Morgan fingerprint density at radius 3 is 2.64 bits per heavy atom. The van der Waals surface area contributed by atoms with Gasteiger partial charge in [-0.2, -0.15) is 0 Å².